The SMILES string of the molecule is CCCCCc1ccc(-c2ccc(C(F)(F)Oc3ccc(-c4ccc(-c5cc(F)c(C=C(F)F)c(F)c5)c(F)c4)c(F)c3)c(F)c2)cc1. The van der Waals surface area contributed by atoms with Crippen LogP contribution in [0, 0.1) is 29.1 Å². The number of aryl methyl sites for hydroxylation is 1. The molecule has 5 rings (SSSR count). The lowest BCUT2D eigenvalue weighted by molar-refractivity contribution is -0.187. The van der Waals surface area contributed by atoms with Crippen LogP contribution in [0.25, 0.3) is 39.5 Å². The van der Waals surface area contributed by atoms with E-state index < -0.39 is 58.2 Å². The summed E-state index contributed by atoms with van der Waals surface area (Å²) < 4.78 is 133. The van der Waals surface area contributed by atoms with Gasteiger partial charge in [-0.1, -0.05) is 62.2 Å². The Balaban J connectivity index is 1.32. The smallest absolute Gasteiger partial charge is 0.429 e. The minimum absolute atomic E-state index is 0.00178. The lowest BCUT2D eigenvalue weighted by atomic mass is 9.98. The van der Waals surface area contributed by atoms with Gasteiger partial charge in [0.05, 0.1) is 11.1 Å². The number of benzene rings is 5. The maximum absolute atomic E-state index is 15.1. The molecule has 0 saturated heterocycles. The van der Waals surface area contributed by atoms with Crippen LogP contribution in [0.15, 0.2) is 97.1 Å². The fourth-order valence-electron chi connectivity index (χ4n) is 5.27. The van der Waals surface area contributed by atoms with Gasteiger partial charge < -0.3 is 4.74 Å². The minimum atomic E-state index is -4.18. The van der Waals surface area contributed by atoms with Crippen molar-refractivity contribution in [3.8, 4) is 39.1 Å². The van der Waals surface area contributed by atoms with Crippen molar-refractivity contribution in [1.82, 2.24) is 0 Å². The van der Waals surface area contributed by atoms with Crippen LogP contribution in [0.1, 0.15) is 42.9 Å². The molecule has 248 valence electrons. The summed E-state index contributed by atoms with van der Waals surface area (Å²) in [5, 5.41) is 0. The van der Waals surface area contributed by atoms with Gasteiger partial charge in [0.2, 0.25) is 0 Å². The van der Waals surface area contributed by atoms with Gasteiger partial charge in [-0.2, -0.15) is 17.6 Å². The van der Waals surface area contributed by atoms with E-state index >= 15 is 17.6 Å². The Kier molecular flexibility index (Phi) is 10.3. The zero-order valence-electron chi connectivity index (χ0n) is 25.4. The van der Waals surface area contributed by atoms with Crippen LogP contribution in [0.3, 0.4) is 0 Å². The zero-order valence-corrected chi connectivity index (χ0v) is 25.4. The van der Waals surface area contributed by atoms with Crippen molar-refractivity contribution in [2.24, 2.45) is 0 Å². The van der Waals surface area contributed by atoms with Crippen molar-refractivity contribution in [2.45, 2.75) is 38.7 Å². The van der Waals surface area contributed by atoms with Crippen LogP contribution in [-0.4, -0.2) is 0 Å². The molecular weight excluding hydrogens is 643 g/mol. The summed E-state index contributed by atoms with van der Waals surface area (Å²) in [4.78, 5) is 0. The van der Waals surface area contributed by atoms with E-state index in [1.54, 1.807) is 12.1 Å². The lowest BCUT2D eigenvalue weighted by Crippen LogP contribution is -2.23. The third-order valence-electron chi connectivity index (χ3n) is 7.75. The molecular formula is C38H27F9O. The van der Waals surface area contributed by atoms with Crippen molar-refractivity contribution in [2.75, 3.05) is 0 Å². The number of halogens is 9. The summed E-state index contributed by atoms with van der Waals surface area (Å²) in [5.74, 6) is -6.66. The van der Waals surface area contributed by atoms with Gasteiger partial charge in [-0.15, -0.1) is 0 Å². The van der Waals surface area contributed by atoms with E-state index in [0.29, 0.717) is 29.3 Å². The Morgan fingerprint density at radius 2 is 1.17 bits per heavy atom. The van der Waals surface area contributed by atoms with Gasteiger partial charge in [0.15, 0.2) is 0 Å². The monoisotopic (exact) mass is 670 g/mol. The molecule has 0 fully saturated rings. The Morgan fingerprint density at radius 1 is 0.604 bits per heavy atom. The Bertz CT molecular complexity index is 1940. The number of ether oxygens (including phenoxy) is 1. The molecule has 0 amide bonds. The molecule has 0 aromatic heterocycles. The highest BCUT2D eigenvalue weighted by molar-refractivity contribution is 5.73. The van der Waals surface area contributed by atoms with Crippen LogP contribution in [0.4, 0.5) is 39.5 Å². The molecule has 0 unspecified atom stereocenters. The average Bonchev–Trinajstić information content (AvgIpc) is 3.03. The molecule has 0 aliphatic carbocycles. The van der Waals surface area contributed by atoms with Gasteiger partial charge in [-0.3, -0.25) is 0 Å². The van der Waals surface area contributed by atoms with Crippen molar-refractivity contribution >= 4 is 6.08 Å². The van der Waals surface area contributed by atoms with Crippen LogP contribution in [-0.2, 0) is 12.5 Å². The maximum atomic E-state index is 15.1. The predicted octanol–water partition coefficient (Wildman–Crippen LogP) is 12.5. The Morgan fingerprint density at radius 3 is 1.77 bits per heavy atom. The summed E-state index contributed by atoms with van der Waals surface area (Å²) in [7, 11) is 0. The average molecular weight is 671 g/mol. The standard InChI is InChI=1S/C38H27F9O/c1-2-3-4-5-22-6-8-23(9-7-22)24-11-15-31(36(43)16-24)38(46,47)48-27-12-14-28(35(42)20-27)25-10-13-29(32(39)17-25)26-18-33(40)30(21-37(44)45)34(41)19-26/h6-21H,2-5H2,1H3. The summed E-state index contributed by atoms with van der Waals surface area (Å²) in [5.41, 5.74) is -0.785. The van der Waals surface area contributed by atoms with Crippen molar-refractivity contribution in [3.63, 3.8) is 0 Å². The molecule has 48 heavy (non-hydrogen) atoms. The fraction of sp³-hybridized carbons (Fsp3) is 0.158. The van der Waals surface area contributed by atoms with Crippen LogP contribution >= 0.6 is 0 Å². The number of alkyl halides is 2. The van der Waals surface area contributed by atoms with Crippen molar-refractivity contribution in [3.05, 3.63) is 143 Å². The van der Waals surface area contributed by atoms with E-state index in [1.807, 2.05) is 12.1 Å². The van der Waals surface area contributed by atoms with Gasteiger partial charge in [-0.25, -0.2) is 22.0 Å². The van der Waals surface area contributed by atoms with Gasteiger partial charge in [0, 0.05) is 23.3 Å². The molecule has 0 saturated carbocycles. The fourth-order valence-corrected chi connectivity index (χ4v) is 5.27. The molecule has 5 aromatic rings. The zero-order chi connectivity index (χ0) is 34.6. The van der Waals surface area contributed by atoms with Gasteiger partial charge >= 0.3 is 6.11 Å². The molecule has 0 spiro atoms. The normalized spacial score (nSPS) is 11.5. The first-order chi connectivity index (χ1) is 22.9. The van der Waals surface area contributed by atoms with E-state index in [2.05, 4.69) is 6.92 Å². The topological polar surface area (TPSA) is 9.23 Å². The second-order valence-electron chi connectivity index (χ2n) is 11.1. The van der Waals surface area contributed by atoms with E-state index in [0.717, 1.165) is 67.6 Å². The number of hydrogen-bond acceptors (Lipinski definition) is 1. The minimum Gasteiger partial charge on any atom is -0.429 e. The van der Waals surface area contributed by atoms with Crippen molar-refractivity contribution < 1.29 is 44.3 Å². The molecule has 1 nitrogen and oxygen atoms in total. The molecule has 0 atom stereocenters. The first-order valence-corrected chi connectivity index (χ1v) is 14.9. The van der Waals surface area contributed by atoms with Gasteiger partial charge in [0.25, 0.3) is 6.08 Å². The van der Waals surface area contributed by atoms with Gasteiger partial charge in [-0.05, 0) is 83.1 Å². The van der Waals surface area contributed by atoms with Crippen LogP contribution in [0.2, 0.25) is 0 Å². The first-order valence-electron chi connectivity index (χ1n) is 14.9. The third kappa shape index (κ3) is 7.75. The molecule has 0 aliphatic heterocycles. The van der Waals surface area contributed by atoms with Crippen molar-refractivity contribution in [1.29, 1.82) is 0 Å². The molecule has 10 heteroatoms. The second kappa shape index (κ2) is 14.4. The summed E-state index contributed by atoms with van der Waals surface area (Å²) in [6.45, 7) is 2.11. The van der Waals surface area contributed by atoms with E-state index in [4.69, 9.17) is 4.74 Å². The van der Waals surface area contributed by atoms with E-state index in [9.17, 15) is 22.0 Å². The second-order valence-corrected chi connectivity index (χ2v) is 11.1. The molecule has 0 bridgehead atoms. The quantitative estimate of drug-likeness (QED) is 0.100. The van der Waals surface area contributed by atoms with Crippen LogP contribution in [0.5, 0.6) is 5.75 Å². The molecule has 0 N–H and O–H groups in total. The largest absolute Gasteiger partial charge is 0.429 e. The maximum Gasteiger partial charge on any atom is 0.429 e. The number of rotatable bonds is 11. The lowest BCUT2D eigenvalue weighted by Gasteiger charge is -2.20. The molecule has 0 aliphatic rings. The summed E-state index contributed by atoms with van der Waals surface area (Å²) >= 11 is 0. The number of unbranched alkanes of at least 4 members (excludes halogenated alkanes) is 2. The highest BCUT2D eigenvalue weighted by Gasteiger charge is 2.38. The van der Waals surface area contributed by atoms with Crippen LogP contribution < -0.4 is 4.74 Å². The molecule has 5 aromatic carbocycles. The molecule has 0 radical (unpaired) electrons. The Hall–Kier alpha value is -4.99. The van der Waals surface area contributed by atoms with E-state index in [-0.39, 0.29) is 28.3 Å². The highest BCUT2D eigenvalue weighted by atomic mass is 19.3. The predicted molar refractivity (Wildman–Crippen MR) is 167 cm³/mol. The van der Waals surface area contributed by atoms with E-state index in [1.165, 1.54) is 12.1 Å². The third-order valence-corrected chi connectivity index (χ3v) is 7.75. The Labute approximate surface area is 270 Å². The summed E-state index contributed by atoms with van der Waals surface area (Å²) in [6, 6.07) is 17.8. The summed E-state index contributed by atoms with van der Waals surface area (Å²) in [6.07, 6.45) is -2.35. The number of hydrogen-bond donors (Lipinski definition) is 0. The first kappa shape index (κ1) is 34.3. The molecule has 0 heterocycles. The van der Waals surface area contributed by atoms with Gasteiger partial charge in [0.1, 0.15) is 34.8 Å². The highest BCUT2D eigenvalue weighted by Crippen LogP contribution is 2.37.